The van der Waals surface area contributed by atoms with Gasteiger partial charge in [0.2, 0.25) is 0 Å². The number of hydrogen-bond donors (Lipinski definition) is 2. The summed E-state index contributed by atoms with van der Waals surface area (Å²) in [7, 11) is 0. The molecular formula is C12H11N3O3. The predicted molar refractivity (Wildman–Crippen MR) is 63.5 cm³/mol. The number of aromatic carboxylic acids is 1. The molecule has 0 aliphatic carbocycles. The lowest BCUT2D eigenvalue weighted by molar-refractivity contribution is 0.0680. The molecule has 3 rings (SSSR count). The largest absolute Gasteiger partial charge is 0.475 e. The van der Waals surface area contributed by atoms with Crippen LogP contribution in [0.15, 0.2) is 22.7 Å². The normalized spacial score (nSPS) is 13.8. The van der Waals surface area contributed by atoms with Gasteiger partial charge in [0, 0.05) is 17.8 Å². The number of aryl methyl sites for hydroxylation is 1. The van der Waals surface area contributed by atoms with Crippen LogP contribution in [0, 0.1) is 0 Å². The number of aromatic nitrogens is 2. The van der Waals surface area contributed by atoms with Gasteiger partial charge in [0.1, 0.15) is 0 Å². The number of rotatable bonds is 2. The number of carbonyl (C=O) groups is 1. The van der Waals surface area contributed by atoms with Crippen molar-refractivity contribution in [3.8, 4) is 11.5 Å². The predicted octanol–water partition coefficient (Wildman–Crippen LogP) is 1.79. The van der Waals surface area contributed by atoms with Crippen LogP contribution in [0.3, 0.4) is 0 Å². The molecule has 2 N–H and O–H groups in total. The van der Waals surface area contributed by atoms with Gasteiger partial charge in [-0.15, -0.1) is 0 Å². The molecule has 92 valence electrons. The molecule has 0 atom stereocenters. The van der Waals surface area contributed by atoms with Crippen molar-refractivity contribution < 1.29 is 14.4 Å². The van der Waals surface area contributed by atoms with E-state index in [2.05, 4.69) is 15.5 Å². The first-order valence-corrected chi connectivity index (χ1v) is 5.68. The van der Waals surface area contributed by atoms with Gasteiger partial charge in [0.05, 0.1) is 0 Å². The van der Waals surface area contributed by atoms with Gasteiger partial charge in [-0.2, -0.15) is 4.98 Å². The van der Waals surface area contributed by atoms with Crippen molar-refractivity contribution in [1.82, 2.24) is 10.1 Å². The molecule has 6 heteroatoms. The Morgan fingerprint density at radius 3 is 3.11 bits per heavy atom. The summed E-state index contributed by atoms with van der Waals surface area (Å²) in [6.07, 6.45) is 2.08. The third-order valence-electron chi connectivity index (χ3n) is 2.91. The van der Waals surface area contributed by atoms with Crippen LogP contribution < -0.4 is 5.32 Å². The van der Waals surface area contributed by atoms with Gasteiger partial charge in [0.25, 0.3) is 11.7 Å². The van der Waals surface area contributed by atoms with Crippen LogP contribution in [0.2, 0.25) is 0 Å². The summed E-state index contributed by atoms with van der Waals surface area (Å²) in [4.78, 5) is 14.5. The second kappa shape index (κ2) is 4.14. The highest BCUT2D eigenvalue weighted by atomic mass is 16.5. The Morgan fingerprint density at radius 2 is 2.33 bits per heavy atom. The number of carboxylic acid groups (broad SMARTS) is 1. The molecule has 0 saturated carbocycles. The summed E-state index contributed by atoms with van der Waals surface area (Å²) in [5, 5.41) is 15.4. The van der Waals surface area contributed by atoms with Crippen molar-refractivity contribution >= 4 is 11.7 Å². The molecule has 0 radical (unpaired) electrons. The highest BCUT2D eigenvalue weighted by Gasteiger charge is 2.16. The summed E-state index contributed by atoms with van der Waals surface area (Å²) in [5.41, 5.74) is 3.05. The van der Waals surface area contributed by atoms with E-state index in [9.17, 15) is 4.79 Å². The lowest BCUT2D eigenvalue weighted by Crippen LogP contribution is -2.11. The molecule has 0 spiro atoms. The van der Waals surface area contributed by atoms with Crippen LogP contribution in [0.5, 0.6) is 0 Å². The van der Waals surface area contributed by atoms with Crippen molar-refractivity contribution in [3.05, 3.63) is 29.6 Å². The van der Waals surface area contributed by atoms with Crippen molar-refractivity contribution in [1.29, 1.82) is 0 Å². The molecule has 2 heterocycles. The molecule has 2 aromatic rings. The molecule has 1 aliphatic rings. The van der Waals surface area contributed by atoms with Crippen LogP contribution >= 0.6 is 0 Å². The molecule has 1 aromatic heterocycles. The first kappa shape index (κ1) is 10.8. The zero-order valence-electron chi connectivity index (χ0n) is 9.51. The van der Waals surface area contributed by atoms with Crippen LogP contribution in [-0.4, -0.2) is 27.8 Å². The van der Waals surface area contributed by atoms with Gasteiger partial charge in [0.15, 0.2) is 0 Å². The maximum atomic E-state index is 10.7. The quantitative estimate of drug-likeness (QED) is 0.838. The van der Waals surface area contributed by atoms with Crippen LogP contribution in [0.25, 0.3) is 11.5 Å². The maximum Gasteiger partial charge on any atom is 0.377 e. The van der Waals surface area contributed by atoms with E-state index in [0.717, 1.165) is 30.6 Å². The van der Waals surface area contributed by atoms with Crippen LogP contribution in [0.4, 0.5) is 5.69 Å². The third-order valence-corrected chi connectivity index (χ3v) is 2.91. The van der Waals surface area contributed by atoms with E-state index >= 15 is 0 Å². The van der Waals surface area contributed by atoms with Crippen molar-refractivity contribution in [2.24, 2.45) is 0 Å². The standard InChI is InChI=1S/C12H11N3O3/c16-12(17)10-14-11(18-15-10)8-3-4-9-7(6-8)2-1-5-13-9/h3-4,6,13H,1-2,5H2,(H,16,17). The van der Waals surface area contributed by atoms with Gasteiger partial charge < -0.3 is 14.9 Å². The number of nitrogens with zero attached hydrogens (tertiary/aromatic N) is 2. The Balaban J connectivity index is 1.98. The second-order valence-corrected chi connectivity index (χ2v) is 4.13. The zero-order valence-corrected chi connectivity index (χ0v) is 9.51. The molecule has 0 bridgehead atoms. The van der Waals surface area contributed by atoms with Crippen molar-refractivity contribution in [2.45, 2.75) is 12.8 Å². The molecule has 18 heavy (non-hydrogen) atoms. The van der Waals surface area contributed by atoms with Gasteiger partial charge in [-0.05, 0) is 41.8 Å². The Bertz CT molecular complexity index is 606. The second-order valence-electron chi connectivity index (χ2n) is 4.13. The minimum Gasteiger partial charge on any atom is -0.475 e. The van der Waals surface area contributed by atoms with E-state index in [1.807, 2.05) is 18.2 Å². The number of fused-ring (bicyclic) bond motifs is 1. The fourth-order valence-electron chi connectivity index (χ4n) is 2.04. The van der Waals surface area contributed by atoms with Gasteiger partial charge in [-0.1, -0.05) is 0 Å². The Hall–Kier alpha value is -2.37. The first-order chi connectivity index (χ1) is 8.74. The lowest BCUT2D eigenvalue weighted by atomic mass is 10.0. The van der Waals surface area contributed by atoms with E-state index in [1.54, 1.807) is 0 Å². The highest BCUT2D eigenvalue weighted by Crippen LogP contribution is 2.27. The molecule has 1 aliphatic heterocycles. The van der Waals surface area contributed by atoms with E-state index in [-0.39, 0.29) is 11.7 Å². The minimum atomic E-state index is -1.19. The minimum absolute atomic E-state index is 0.237. The number of carboxylic acids is 1. The number of anilines is 1. The summed E-state index contributed by atoms with van der Waals surface area (Å²) in [6.45, 7) is 0.982. The molecule has 6 nitrogen and oxygen atoms in total. The van der Waals surface area contributed by atoms with Crippen LogP contribution in [0.1, 0.15) is 22.6 Å². The molecular weight excluding hydrogens is 234 g/mol. The lowest BCUT2D eigenvalue weighted by Gasteiger charge is -2.17. The molecule has 0 fully saturated rings. The number of hydrogen-bond acceptors (Lipinski definition) is 5. The van der Waals surface area contributed by atoms with Crippen molar-refractivity contribution in [3.63, 3.8) is 0 Å². The summed E-state index contributed by atoms with van der Waals surface area (Å²) >= 11 is 0. The first-order valence-electron chi connectivity index (χ1n) is 5.68. The Labute approximate surface area is 103 Å². The summed E-state index contributed by atoms with van der Waals surface area (Å²) < 4.78 is 4.94. The molecule has 0 saturated heterocycles. The summed E-state index contributed by atoms with van der Waals surface area (Å²) in [6, 6.07) is 5.76. The monoisotopic (exact) mass is 245 g/mol. The Morgan fingerprint density at radius 1 is 1.44 bits per heavy atom. The fourth-order valence-corrected chi connectivity index (χ4v) is 2.04. The zero-order chi connectivity index (χ0) is 12.5. The molecule has 0 amide bonds. The van der Waals surface area contributed by atoms with E-state index in [4.69, 9.17) is 9.63 Å². The average Bonchev–Trinajstić information content (AvgIpc) is 2.88. The smallest absolute Gasteiger partial charge is 0.377 e. The number of nitrogens with one attached hydrogen (secondary N) is 1. The van der Waals surface area contributed by atoms with Gasteiger partial charge in [-0.25, -0.2) is 4.79 Å². The molecule has 1 aromatic carbocycles. The average molecular weight is 245 g/mol. The van der Waals surface area contributed by atoms with Crippen LogP contribution in [-0.2, 0) is 6.42 Å². The van der Waals surface area contributed by atoms with E-state index < -0.39 is 5.97 Å². The fraction of sp³-hybridized carbons (Fsp3) is 0.250. The Kier molecular flexibility index (Phi) is 2.47. The van der Waals surface area contributed by atoms with Gasteiger partial charge >= 0.3 is 5.97 Å². The summed E-state index contributed by atoms with van der Waals surface area (Å²) in [5.74, 6) is -1.27. The van der Waals surface area contributed by atoms with E-state index in [1.165, 1.54) is 5.56 Å². The third kappa shape index (κ3) is 1.81. The molecule has 0 unspecified atom stereocenters. The topological polar surface area (TPSA) is 88.2 Å². The van der Waals surface area contributed by atoms with Gasteiger partial charge in [-0.3, -0.25) is 0 Å². The number of benzene rings is 1. The van der Waals surface area contributed by atoms with E-state index in [0.29, 0.717) is 0 Å². The van der Waals surface area contributed by atoms with Crippen molar-refractivity contribution in [2.75, 3.05) is 11.9 Å². The SMILES string of the molecule is O=C(O)c1noc(-c2ccc3c(c2)CCCN3)n1. The maximum absolute atomic E-state index is 10.7. The highest BCUT2D eigenvalue weighted by molar-refractivity contribution is 5.83.